The van der Waals surface area contributed by atoms with Crippen molar-refractivity contribution >= 4 is 11.6 Å². The van der Waals surface area contributed by atoms with Gasteiger partial charge in [0.1, 0.15) is 0 Å². The highest BCUT2D eigenvalue weighted by molar-refractivity contribution is 6.30. The smallest absolute Gasteiger partial charge is 0.0631 e. The van der Waals surface area contributed by atoms with Gasteiger partial charge in [-0.2, -0.15) is 0 Å². The molecule has 0 aliphatic rings. The number of halogens is 1. The molecule has 0 unspecified atom stereocenters. The van der Waals surface area contributed by atoms with Crippen LogP contribution in [0, 0.1) is 0 Å². The first kappa shape index (κ1) is 12.5. The fourth-order valence-electron chi connectivity index (χ4n) is 1.61. The summed E-state index contributed by atoms with van der Waals surface area (Å²) in [6, 6.07) is 6.03. The second-order valence-electron chi connectivity index (χ2n) is 5.04. The zero-order chi connectivity index (χ0) is 11.6. The van der Waals surface area contributed by atoms with Gasteiger partial charge in [-0.3, -0.25) is 0 Å². The molecular weight excluding hydrogens is 208 g/mol. The predicted octanol–water partition coefficient (Wildman–Crippen LogP) is 3.78. The van der Waals surface area contributed by atoms with E-state index in [1.807, 2.05) is 26.0 Å². The van der Waals surface area contributed by atoms with Crippen molar-refractivity contribution < 1.29 is 5.11 Å². The van der Waals surface area contributed by atoms with Crippen molar-refractivity contribution in [1.29, 1.82) is 0 Å². The third-order valence-corrected chi connectivity index (χ3v) is 2.50. The molecular formula is C13H19ClO. The zero-order valence-electron chi connectivity index (χ0n) is 9.84. The normalized spacial score (nSPS) is 12.2. The van der Waals surface area contributed by atoms with Crippen molar-refractivity contribution in [2.75, 3.05) is 0 Å². The molecule has 15 heavy (non-hydrogen) atoms. The highest BCUT2D eigenvalue weighted by Gasteiger charge is 2.14. The maximum Gasteiger partial charge on any atom is 0.0631 e. The van der Waals surface area contributed by atoms with Gasteiger partial charge < -0.3 is 5.11 Å². The van der Waals surface area contributed by atoms with Gasteiger partial charge in [0.05, 0.1) is 5.60 Å². The largest absolute Gasteiger partial charge is 0.390 e. The van der Waals surface area contributed by atoms with Crippen molar-refractivity contribution in [2.24, 2.45) is 0 Å². The Balaban J connectivity index is 2.99. The van der Waals surface area contributed by atoms with Crippen LogP contribution in [0.15, 0.2) is 18.2 Å². The van der Waals surface area contributed by atoms with E-state index in [-0.39, 0.29) is 0 Å². The molecule has 2 heteroatoms. The van der Waals surface area contributed by atoms with Gasteiger partial charge in [0.15, 0.2) is 0 Å². The fraction of sp³-hybridized carbons (Fsp3) is 0.538. The maximum atomic E-state index is 9.75. The van der Waals surface area contributed by atoms with E-state index in [1.165, 1.54) is 5.56 Å². The lowest BCUT2D eigenvalue weighted by Gasteiger charge is -2.18. The van der Waals surface area contributed by atoms with Gasteiger partial charge in [0, 0.05) is 11.4 Å². The summed E-state index contributed by atoms with van der Waals surface area (Å²) < 4.78 is 0. The summed E-state index contributed by atoms with van der Waals surface area (Å²) in [6.45, 7) is 7.89. The average molecular weight is 227 g/mol. The summed E-state index contributed by atoms with van der Waals surface area (Å²) in [5.41, 5.74) is 1.64. The summed E-state index contributed by atoms with van der Waals surface area (Å²) >= 11 is 6.04. The Labute approximate surface area is 97.1 Å². The molecule has 0 aromatic heterocycles. The molecule has 0 heterocycles. The molecule has 1 N–H and O–H groups in total. The number of hydrogen-bond acceptors (Lipinski definition) is 1. The second kappa shape index (κ2) is 4.54. The maximum absolute atomic E-state index is 9.75. The molecule has 0 saturated carbocycles. The molecule has 1 rings (SSSR count). The van der Waals surface area contributed by atoms with E-state index in [9.17, 15) is 5.11 Å². The minimum absolute atomic E-state index is 0.462. The minimum Gasteiger partial charge on any atom is -0.390 e. The van der Waals surface area contributed by atoms with Gasteiger partial charge in [-0.15, -0.1) is 0 Å². The van der Waals surface area contributed by atoms with Crippen LogP contribution in [-0.4, -0.2) is 10.7 Å². The quantitative estimate of drug-likeness (QED) is 0.832. The van der Waals surface area contributed by atoms with Crippen molar-refractivity contribution in [3.63, 3.8) is 0 Å². The molecule has 0 amide bonds. The minimum atomic E-state index is -0.682. The lowest BCUT2D eigenvalue weighted by Crippen LogP contribution is -2.21. The summed E-state index contributed by atoms with van der Waals surface area (Å²) in [4.78, 5) is 0. The first-order valence-corrected chi connectivity index (χ1v) is 5.67. The molecule has 0 bridgehead atoms. The molecule has 0 spiro atoms. The molecule has 0 atom stereocenters. The van der Waals surface area contributed by atoms with E-state index in [2.05, 4.69) is 19.9 Å². The highest BCUT2D eigenvalue weighted by atomic mass is 35.5. The Kier molecular flexibility index (Phi) is 3.80. The van der Waals surface area contributed by atoms with Gasteiger partial charge in [0.2, 0.25) is 0 Å². The van der Waals surface area contributed by atoms with Gasteiger partial charge >= 0.3 is 0 Å². The Morgan fingerprint density at radius 1 is 1.27 bits per heavy atom. The molecule has 1 aromatic rings. The topological polar surface area (TPSA) is 20.2 Å². The summed E-state index contributed by atoms with van der Waals surface area (Å²) in [7, 11) is 0. The van der Waals surface area contributed by atoms with Crippen LogP contribution in [0.3, 0.4) is 0 Å². The van der Waals surface area contributed by atoms with Crippen LogP contribution in [0.1, 0.15) is 44.7 Å². The van der Waals surface area contributed by atoms with E-state index in [0.717, 1.165) is 10.6 Å². The number of hydrogen-bond donors (Lipinski definition) is 1. The van der Waals surface area contributed by atoms with Crippen LogP contribution >= 0.6 is 11.6 Å². The summed E-state index contributed by atoms with van der Waals surface area (Å²) in [6.07, 6.45) is 0.632. The van der Waals surface area contributed by atoms with Gasteiger partial charge in [-0.05, 0) is 43.0 Å². The third-order valence-electron chi connectivity index (χ3n) is 2.28. The van der Waals surface area contributed by atoms with Crippen LogP contribution in [0.25, 0.3) is 0 Å². The van der Waals surface area contributed by atoms with E-state index < -0.39 is 5.60 Å². The Morgan fingerprint density at radius 2 is 1.87 bits per heavy atom. The molecule has 1 aromatic carbocycles. The van der Waals surface area contributed by atoms with Crippen LogP contribution in [0.4, 0.5) is 0 Å². The van der Waals surface area contributed by atoms with E-state index in [4.69, 9.17) is 11.6 Å². The van der Waals surface area contributed by atoms with Gasteiger partial charge in [-0.1, -0.05) is 31.5 Å². The number of benzene rings is 1. The van der Waals surface area contributed by atoms with Gasteiger partial charge in [0.25, 0.3) is 0 Å². The molecule has 0 radical (unpaired) electrons. The Hall–Kier alpha value is -0.530. The standard InChI is InChI=1S/C13H19ClO/c1-9(2)11-5-10(6-12(14)7-11)8-13(3,4)15/h5-7,9,15H,8H2,1-4H3. The molecule has 0 aliphatic carbocycles. The number of rotatable bonds is 3. The first-order valence-electron chi connectivity index (χ1n) is 5.30. The Morgan fingerprint density at radius 3 is 2.33 bits per heavy atom. The lowest BCUT2D eigenvalue weighted by molar-refractivity contribution is 0.0810. The summed E-state index contributed by atoms with van der Waals surface area (Å²) in [5, 5.41) is 10.5. The predicted molar refractivity (Wildman–Crippen MR) is 65.5 cm³/mol. The SMILES string of the molecule is CC(C)c1cc(Cl)cc(CC(C)(C)O)c1. The fourth-order valence-corrected chi connectivity index (χ4v) is 1.88. The van der Waals surface area contributed by atoms with Crippen molar-refractivity contribution in [2.45, 2.75) is 45.6 Å². The van der Waals surface area contributed by atoms with E-state index >= 15 is 0 Å². The molecule has 1 nitrogen and oxygen atoms in total. The van der Waals surface area contributed by atoms with Crippen molar-refractivity contribution in [3.05, 3.63) is 34.3 Å². The lowest BCUT2D eigenvalue weighted by atomic mass is 9.94. The van der Waals surface area contributed by atoms with Gasteiger partial charge in [-0.25, -0.2) is 0 Å². The van der Waals surface area contributed by atoms with Crippen LogP contribution in [0.5, 0.6) is 0 Å². The Bertz CT molecular complexity index is 337. The van der Waals surface area contributed by atoms with Crippen LogP contribution < -0.4 is 0 Å². The van der Waals surface area contributed by atoms with Crippen LogP contribution in [0.2, 0.25) is 5.02 Å². The highest BCUT2D eigenvalue weighted by Crippen LogP contribution is 2.23. The van der Waals surface area contributed by atoms with Crippen molar-refractivity contribution in [1.82, 2.24) is 0 Å². The zero-order valence-corrected chi connectivity index (χ0v) is 10.6. The van der Waals surface area contributed by atoms with E-state index in [0.29, 0.717) is 12.3 Å². The number of aliphatic hydroxyl groups is 1. The monoisotopic (exact) mass is 226 g/mol. The first-order chi connectivity index (χ1) is 6.78. The van der Waals surface area contributed by atoms with E-state index in [1.54, 1.807) is 0 Å². The van der Waals surface area contributed by atoms with Crippen LogP contribution in [-0.2, 0) is 6.42 Å². The molecule has 0 saturated heterocycles. The second-order valence-corrected chi connectivity index (χ2v) is 5.47. The molecule has 0 fully saturated rings. The van der Waals surface area contributed by atoms with Crippen molar-refractivity contribution in [3.8, 4) is 0 Å². The molecule has 84 valence electrons. The summed E-state index contributed by atoms with van der Waals surface area (Å²) in [5.74, 6) is 0.462. The average Bonchev–Trinajstić information content (AvgIpc) is 1.99. The molecule has 0 aliphatic heterocycles. The third kappa shape index (κ3) is 4.23.